The minimum Gasteiger partial charge on any atom is -0.310 e. The van der Waals surface area contributed by atoms with Crippen molar-refractivity contribution in [2.45, 2.75) is 20.3 Å². The highest BCUT2D eigenvalue weighted by Crippen LogP contribution is 2.05. The summed E-state index contributed by atoms with van der Waals surface area (Å²) in [6.07, 6.45) is 2.15. The van der Waals surface area contributed by atoms with E-state index in [1.807, 2.05) is 13.0 Å². The van der Waals surface area contributed by atoms with Crippen molar-refractivity contribution in [3.63, 3.8) is 0 Å². The van der Waals surface area contributed by atoms with Crippen molar-refractivity contribution in [1.82, 2.24) is 9.29 Å². The summed E-state index contributed by atoms with van der Waals surface area (Å²) in [7, 11) is -1.96. The van der Waals surface area contributed by atoms with Crippen molar-refractivity contribution < 1.29 is 13.2 Å². The Morgan fingerprint density at radius 3 is 2.63 bits per heavy atom. The lowest BCUT2D eigenvalue weighted by molar-refractivity contribution is -0.116. The summed E-state index contributed by atoms with van der Waals surface area (Å²) < 4.78 is 24.4. The first-order valence-electron chi connectivity index (χ1n) is 6.01. The lowest BCUT2D eigenvalue weighted by atomic mass is 10.3. The summed E-state index contributed by atoms with van der Waals surface area (Å²) in [6, 6.07) is 3.49. The Hall–Kier alpha value is -1.47. The van der Waals surface area contributed by atoms with E-state index in [0.29, 0.717) is 12.2 Å². The molecule has 0 fully saturated rings. The van der Waals surface area contributed by atoms with Crippen LogP contribution in [0.2, 0.25) is 0 Å². The first kappa shape index (κ1) is 15.6. The molecule has 0 unspecified atom stereocenters. The van der Waals surface area contributed by atoms with Gasteiger partial charge in [0.05, 0.1) is 12.3 Å². The number of amides is 1. The Balaban J connectivity index is 2.58. The quantitative estimate of drug-likeness (QED) is 0.845. The zero-order valence-corrected chi connectivity index (χ0v) is 12.2. The number of hydrogen-bond donors (Lipinski definition) is 1. The highest BCUT2D eigenvalue weighted by atomic mass is 32.2. The summed E-state index contributed by atoms with van der Waals surface area (Å²) in [6.45, 7) is 3.46. The number of nitrogens with zero attached hydrogens (tertiary/aromatic N) is 2. The number of carbonyl (C=O) groups excluding carboxylic acids is 1. The number of anilines is 1. The Morgan fingerprint density at radius 2 is 2.11 bits per heavy atom. The second-order valence-corrected chi connectivity index (χ2v) is 6.54. The highest BCUT2D eigenvalue weighted by Gasteiger charge is 2.19. The van der Waals surface area contributed by atoms with Crippen molar-refractivity contribution in [2.75, 3.05) is 24.7 Å². The fourth-order valence-electron chi connectivity index (χ4n) is 1.44. The van der Waals surface area contributed by atoms with E-state index in [4.69, 9.17) is 0 Å². The van der Waals surface area contributed by atoms with E-state index in [0.717, 1.165) is 9.87 Å². The number of aryl methyl sites for hydroxylation is 1. The van der Waals surface area contributed by atoms with Gasteiger partial charge in [-0.15, -0.1) is 0 Å². The molecule has 0 saturated carbocycles. The summed E-state index contributed by atoms with van der Waals surface area (Å²) in [4.78, 5) is 15.7. The second kappa shape index (κ2) is 6.63. The van der Waals surface area contributed by atoms with Gasteiger partial charge in [0.2, 0.25) is 15.9 Å². The van der Waals surface area contributed by atoms with E-state index in [-0.39, 0.29) is 12.3 Å². The molecule has 1 aromatic rings. The number of pyridine rings is 1. The molecule has 1 N–H and O–H groups in total. The topological polar surface area (TPSA) is 79.4 Å². The van der Waals surface area contributed by atoms with E-state index in [2.05, 4.69) is 10.3 Å². The van der Waals surface area contributed by atoms with Gasteiger partial charge < -0.3 is 5.32 Å². The fraction of sp³-hybridized carbons (Fsp3) is 0.500. The minimum absolute atomic E-state index is 0.0412. The number of hydrogen-bond acceptors (Lipinski definition) is 4. The van der Waals surface area contributed by atoms with Gasteiger partial charge in [0, 0.05) is 13.2 Å². The van der Waals surface area contributed by atoms with Crippen LogP contribution in [0.25, 0.3) is 0 Å². The average Bonchev–Trinajstić information content (AvgIpc) is 2.32. The number of rotatable bonds is 6. The molecule has 1 heterocycles. The average molecular weight is 285 g/mol. The van der Waals surface area contributed by atoms with Gasteiger partial charge in [-0.25, -0.2) is 13.4 Å². The lowest BCUT2D eigenvalue weighted by Gasteiger charge is -2.16. The second-order valence-electron chi connectivity index (χ2n) is 4.34. The van der Waals surface area contributed by atoms with Crippen molar-refractivity contribution in [1.29, 1.82) is 0 Å². The van der Waals surface area contributed by atoms with Crippen LogP contribution in [0, 0.1) is 6.92 Å². The molecule has 6 nitrogen and oxygen atoms in total. The molecule has 0 radical (unpaired) electrons. The number of likely N-dealkylation sites (N-methyl/N-ethyl adjacent to an activating group) is 1. The van der Waals surface area contributed by atoms with Crippen LogP contribution in [0.4, 0.5) is 5.82 Å². The molecule has 1 amide bonds. The van der Waals surface area contributed by atoms with E-state index < -0.39 is 15.9 Å². The van der Waals surface area contributed by atoms with Crippen LogP contribution in [0.1, 0.15) is 18.9 Å². The maximum Gasteiger partial charge on any atom is 0.240 e. The SMILES string of the molecule is CCCS(=O)(=O)N(C)CC(=O)Nc1ccc(C)cn1. The molecular weight excluding hydrogens is 266 g/mol. The molecular formula is C12H19N3O3S. The molecule has 0 aromatic carbocycles. The molecule has 106 valence electrons. The van der Waals surface area contributed by atoms with Crippen molar-refractivity contribution in [3.05, 3.63) is 23.9 Å². The van der Waals surface area contributed by atoms with Gasteiger partial charge in [0.1, 0.15) is 5.82 Å². The zero-order chi connectivity index (χ0) is 14.5. The van der Waals surface area contributed by atoms with Crippen LogP contribution in [0.15, 0.2) is 18.3 Å². The summed E-state index contributed by atoms with van der Waals surface area (Å²) in [5.74, 6) is 0.0509. The summed E-state index contributed by atoms with van der Waals surface area (Å²) in [5, 5.41) is 2.56. The van der Waals surface area contributed by atoms with Gasteiger partial charge in [0.25, 0.3) is 0 Å². The largest absolute Gasteiger partial charge is 0.310 e. The van der Waals surface area contributed by atoms with Gasteiger partial charge in [-0.05, 0) is 25.0 Å². The number of aromatic nitrogens is 1. The van der Waals surface area contributed by atoms with Gasteiger partial charge in [-0.1, -0.05) is 13.0 Å². The molecule has 0 aliphatic carbocycles. The maximum atomic E-state index is 11.7. The summed E-state index contributed by atoms with van der Waals surface area (Å²) in [5.41, 5.74) is 0.987. The van der Waals surface area contributed by atoms with Crippen LogP contribution in [0.5, 0.6) is 0 Å². The number of carbonyl (C=O) groups is 1. The predicted octanol–water partition coefficient (Wildman–Crippen LogP) is 1.00. The van der Waals surface area contributed by atoms with Crippen molar-refractivity contribution in [3.8, 4) is 0 Å². The smallest absolute Gasteiger partial charge is 0.240 e. The van der Waals surface area contributed by atoms with Crippen LogP contribution in [0.3, 0.4) is 0 Å². The molecule has 0 spiro atoms. The number of nitrogens with one attached hydrogen (secondary N) is 1. The van der Waals surface area contributed by atoms with Crippen LogP contribution in [-0.2, 0) is 14.8 Å². The third-order valence-corrected chi connectivity index (χ3v) is 4.49. The zero-order valence-electron chi connectivity index (χ0n) is 11.4. The standard InChI is InChI=1S/C12H19N3O3S/c1-4-7-19(17,18)15(3)9-12(16)14-11-6-5-10(2)8-13-11/h5-6,8H,4,7,9H2,1-3H3,(H,13,14,16). The Morgan fingerprint density at radius 1 is 1.42 bits per heavy atom. The minimum atomic E-state index is -3.35. The van der Waals surface area contributed by atoms with E-state index >= 15 is 0 Å². The molecule has 0 aliphatic rings. The lowest BCUT2D eigenvalue weighted by Crippen LogP contribution is -2.36. The van der Waals surface area contributed by atoms with E-state index in [1.165, 1.54) is 7.05 Å². The first-order chi connectivity index (χ1) is 8.85. The molecule has 0 bridgehead atoms. The number of sulfonamides is 1. The predicted molar refractivity (Wildman–Crippen MR) is 74.3 cm³/mol. The Kier molecular flexibility index (Phi) is 5.44. The molecule has 1 aromatic heterocycles. The molecule has 1 rings (SSSR count). The van der Waals surface area contributed by atoms with Gasteiger partial charge in [0.15, 0.2) is 0 Å². The highest BCUT2D eigenvalue weighted by molar-refractivity contribution is 7.89. The van der Waals surface area contributed by atoms with E-state index in [1.54, 1.807) is 19.2 Å². The van der Waals surface area contributed by atoms with Crippen molar-refractivity contribution in [2.24, 2.45) is 0 Å². The van der Waals surface area contributed by atoms with Gasteiger partial charge in [-0.3, -0.25) is 4.79 Å². The van der Waals surface area contributed by atoms with E-state index in [9.17, 15) is 13.2 Å². The third kappa shape index (κ3) is 4.96. The Bertz CT molecular complexity index is 526. The molecule has 0 atom stereocenters. The van der Waals surface area contributed by atoms with Gasteiger partial charge >= 0.3 is 0 Å². The maximum absolute atomic E-state index is 11.7. The van der Waals surface area contributed by atoms with Crippen LogP contribution >= 0.6 is 0 Å². The molecule has 0 saturated heterocycles. The van der Waals surface area contributed by atoms with Gasteiger partial charge in [-0.2, -0.15) is 4.31 Å². The molecule has 19 heavy (non-hydrogen) atoms. The first-order valence-corrected chi connectivity index (χ1v) is 7.62. The Labute approximate surface area is 113 Å². The van der Waals surface area contributed by atoms with Crippen LogP contribution in [-0.4, -0.2) is 43.0 Å². The molecule has 7 heteroatoms. The fourth-order valence-corrected chi connectivity index (χ4v) is 2.58. The van der Waals surface area contributed by atoms with Crippen molar-refractivity contribution >= 4 is 21.7 Å². The summed E-state index contributed by atoms with van der Waals surface area (Å²) >= 11 is 0. The third-order valence-electron chi connectivity index (χ3n) is 2.48. The molecule has 0 aliphatic heterocycles. The monoisotopic (exact) mass is 285 g/mol. The normalized spacial score (nSPS) is 11.6. The van der Waals surface area contributed by atoms with Crippen LogP contribution < -0.4 is 5.32 Å².